The molecule has 0 amide bonds. The van der Waals surface area contributed by atoms with E-state index >= 15 is 0 Å². The van der Waals surface area contributed by atoms with Gasteiger partial charge in [0.25, 0.3) is 0 Å². The van der Waals surface area contributed by atoms with Crippen LogP contribution in [0.15, 0.2) is 0 Å². The third kappa shape index (κ3) is 4.66. The Morgan fingerprint density at radius 2 is 0.600 bits per heavy atom. The fourth-order valence-electron chi connectivity index (χ4n) is 0.189. The predicted octanol–water partition coefficient (Wildman–Crippen LogP) is -2.25. The van der Waals surface area contributed by atoms with Gasteiger partial charge in [-0.25, -0.2) is 0 Å². The zero-order valence-electron chi connectivity index (χ0n) is 4.54. The lowest BCUT2D eigenvalue weighted by molar-refractivity contribution is 0.347. The molecule has 0 aliphatic carbocycles. The van der Waals surface area contributed by atoms with E-state index in [-0.39, 0.29) is 50.0 Å². The second kappa shape index (κ2) is 6.59. The topological polar surface area (TPSA) is 46.2 Å². The predicted molar refractivity (Wildman–Crippen MR) is 34.2 cm³/mol. The van der Waals surface area contributed by atoms with Gasteiger partial charge in [-0.05, 0) is 0 Å². The normalized spacial score (nSPS) is 24.0. The maximum Gasteiger partial charge on any atom is 0.412 e. The molecule has 0 spiro atoms. The zero-order valence-corrected chi connectivity index (χ0v) is 9.54. The fraction of sp³-hybridized carbons (Fsp3) is 0. The lowest BCUT2D eigenvalue weighted by atomic mass is 15.7. The molecule has 1 heterocycles. The molecule has 0 aromatic carbocycles. The van der Waals surface area contributed by atoms with Crippen molar-refractivity contribution in [2.75, 3.05) is 0 Å². The van der Waals surface area contributed by atoms with Crippen molar-refractivity contribution in [3.8, 4) is 0 Å². The molecule has 1 fully saturated rings. The van der Waals surface area contributed by atoms with E-state index in [0.29, 0.717) is 0 Å². The molecule has 0 saturated carbocycles. The molecule has 50 valence electrons. The molecule has 1 rings (SSSR count). The SMILES string of the molecule is O1[Si]O[Si]O[Si]O[Si]O[Si]1. The summed E-state index contributed by atoms with van der Waals surface area (Å²) in [6.45, 7) is 0. The first-order chi connectivity index (χ1) is 5.00. The van der Waals surface area contributed by atoms with Crippen LogP contribution in [0.4, 0.5) is 0 Å². The van der Waals surface area contributed by atoms with Gasteiger partial charge in [0.15, 0.2) is 0 Å². The Morgan fingerprint density at radius 3 is 0.800 bits per heavy atom. The van der Waals surface area contributed by atoms with Crippen LogP contribution >= 0.6 is 0 Å². The van der Waals surface area contributed by atoms with Crippen LogP contribution < -0.4 is 0 Å². The van der Waals surface area contributed by atoms with E-state index in [4.69, 9.17) is 20.6 Å². The first-order valence-electron chi connectivity index (χ1n) is 2.04. The van der Waals surface area contributed by atoms with E-state index in [9.17, 15) is 0 Å². The summed E-state index contributed by atoms with van der Waals surface area (Å²) in [5, 5.41) is 0. The van der Waals surface area contributed by atoms with Gasteiger partial charge in [0.1, 0.15) is 0 Å². The third-order valence-corrected chi connectivity index (χ3v) is 3.75. The standard InChI is InChI=1S/O5Si5/c1-6-2-8-4-10-5-9-3-7-1. The summed E-state index contributed by atoms with van der Waals surface area (Å²) in [7, 11) is 0.0540. The minimum atomic E-state index is 0.0108. The van der Waals surface area contributed by atoms with Crippen LogP contribution in [0.3, 0.4) is 0 Å². The zero-order chi connectivity index (χ0) is 7.07. The van der Waals surface area contributed by atoms with Crippen LogP contribution in [0.25, 0.3) is 0 Å². The highest BCUT2D eigenvalue weighted by Crippen LogP contribution is 1.79. The van der Waals surface area contributed by atoms with Gasteiger partial charge in [-0.15, -0.1) is 0 Å². The fourth-order valence-corrected chi connectivity index (χ4v) is 3.58. The van der Waals surface area contributed by atoms with Crippen LogP contribution in [0.1, 0.15) is 0 Å². The van der Waals surface area contributed by atoms with Crippen LogP contribution in [0.2, 0.25) is 0 Å². The Morgan fingerprint density at radius 1 is 0.400 bits per heavy atom. The highest BCUT2D eigenvalue weighted by atomic mass is 28.4. The van der Waals surface area contributed by atoms with E-state index in [0.717, 1.165) is 0 Å². The highest BCUT2D eigenvalue weighted by Gasteiger charge is 2.05. The van der Waals surface area contributed by atoms with Crippen molar-refractivity contribution in [3.63, 3.8) is 0 Å². The molecule has 1 aliphatic heterocycles. The van der Waals surface area contributed by atoms with E-state index in [2.05, 4.69) is 0 Å². The van der Waals surface area contributed by atoms with Gasteiger partial charge in [0.2, 0.25) is 0 Å². The average molecular weight is 220 g/mol. The molecule has 0 aromatic rings. The monoisotopic (exact) mass is 220 g/mol. The first kappa shape index (κ1) is 8.98. The number of hydrogen-bond donors (Lipinski definition) is 0. The Kier molecular flexibility index (Phi) is 5.91. The molecule has 10 heavy (non-hydrogen) atoms. The first-order valence-corrected chi connectivity index (χ1v) is 6.12. The Labute approximate surface area is 71.0 Å². The largest absolute Gasteiger partial charge is 0.412 e. The van der Waals surface area contributed by atoms with Crippen molar-refractivity contribution >= 4 is 50.0 Å². The molecular weight excluding hydrogens is 220 g/mol. The summed E-state index contributed by atoms with van der Waals surface area (Å²) in [5.41, 5.74) is 0. The minimum absolute atomic E-state index is 0.0108. The van der Waals surface area contributed by atoms with Crippen LogP contribution in [-0.4, -0.2) is 50.0 Å². The van der Waals surface area contributed by atoms with Gasteiger partial charge >= 0.3 is 50.0 Å². The minimum Gasteiger partial charge on any atom is -0.412 e. The van der Waals surface area contributed by atoms with Gasteiger partial charge in [-0.3, -0.25) is 0 Å². The lowest BCUT2D eigenvalue weighted by Gasteiger charge is -2.04. The molecule has 10 heteroatoms. The summed E-state index contributed by atoms with van der Waals surface area (Å²) in [6.07, 6.45) is 0. The lowest BCUT2D eigenvalue weighted by Crippen LogP contribution is -2.23. The van der Waals surface area contributed by atoms with E-state index in [1.54, 1.807) is 0 Å². The van der Waals surface area contributed by atoms with Crippen molar-refractivity contribution in [1.82, 2.24) is 0 Å². The molecule has 0 N–H and O–H groups in total. The van der Waals surface area contributed by atoms with Crippen LogP contribution in [0.5, 0.6) is 0 Å². The van der Waals surface area contributed by atoms with E-state index in [1.165, 1.54) is 0 Å². The highest BCUT2D eigenvalue weighted by molar-refractivity contribution is 6.50. The second-order valence-corrected chi connectivity index (χ2v) is 5.84. The quantitative estimate of drug-likeness (QED) is 0.432. The Hall–Kier alpha value is 0.884. The summed E-state index contributed by atoms with van der Waals surface area (Å²) in [4.78, 5) is 0. The number of rotatable bonds is 0. The molecule has 1 aliphatic rings. The summed E-state index contributed by atoms with van der Waals surface area (Å²) < 4.78 is 24.4. The average Bonchev–Trinajstić information content (AvgIpc) is 2.01. The van der Waals surface area contributed by atoms with Crippen molar-refractivity contribution in [3.05, 3.63) is 0 Å². The van der Waals surface area contributed by atoms with Gasteiger partial charge in [0.05, 0.1) is 0 Å². The molecule has 0 aromatic heterocycles. The van der Waals surface area contributed by atoms with Crippen molar-refractivity contribution in [1.29, 1.82) is 0 Å². The molecule has 5 nitrogen and oxygen atoms in total. The van der Waals surface area contributed by atoms with Gasteiger partial charge < -0.3 is 20.6 Å². The van der Waals surface area contributed by atoms with Gasteiger partial charge in [0, 0.05) is 0 Å². The second-order valence-electron chi connectivity index (χ2n) is 0.927. The van der Waals surface area contributed by atoms with Crippen molar-refractivity contribution in [2.24, 2.45) is 0 Å². The summed E-state index contributed by atoms with van der Waals surface area (Å²) in [5.74, 6) is 0. The molecule has 1 saturated heterocycles. The van der Waals surface area contributed by atoms with Gasteiger partial charge in [-0.1, -0.05) is 0 Å². The van der Waals surface area contributed by atoms with Gasteiger partial charge in [-0.2, -0.15) is 0 Å². The van der Waals surface area contributed by atoms with Crippen LogP contribution in [-0.2, 0) is 20.6 Å². The maximum atomic E-state index is 4.88. The molecule has 0 bridgehead atoms. The molecule has 0 atom stereocenters. The van der Waals surface area contributed by atoms with E-state index in [1.807, 2.05) is 0 Å². The summed E-state index contributed by atoms with van der Waals surface area (Å²) in [6, 6.07) is 0. The van der Waals surface area contributed by atoms with E-state index < -0.39 is 0 Å². The van der Waals surface area contributed by atoms with Crippen LogP contribution in [0, 0.1) is 0 Å². The molecular formula is O5Si5. The smallest absolute Gasteiger partial charge is 0.412 e. The third-order valence-electron chi connectivity index (χ3n) is 0.417. The summed E-state index contributed by atoms with van der Waals surface area (Å²) >= 11 is 0. The number of hydrogen-bond acceptors (Lipinski definition) is 5. The Balaban J connectivity index is 2.00. The molecule has 0 unspecified atom stereocenters. The van der Waals surface area contributed by atoms with Crippen molar-refractivity contribution < 1.29 is 20.6 Å². The maximum absolute atomic E-state index is 4.88. The van der Waals surface area contributed by atoms with Crippen molar-refractivity contribution in [2.45, 2.75) is 0 Å². The molecule has 10 radical (unpaired) electrons. The Bertz CT molecular complexity index is 43.2.